The fraction of sp³-hybridized carbons (Fsp3) is 0.444. The van der Waals surface area contributed by atoms with E-state index in [9.17, 15) is 9.59 Å². The van der Waals surface area contributed by atoms with Crippen LogP contribution in [0.1, 0.15) is 32.8 Å². The van der Waals surface area contributed by atoms with E-state index in [2.05, 4.69) is 16.6 Å². The van der Waals surface area contributed by atoms with Gasteiger partial charge in [-0.05, 0) is 39.2 Å². The predicted octanol–water partition coefficient (Wildman–Crippen LogP) is 3.24. The van der Waals surface area contributed by atoms with E-state index in [4.69, 9.17) is 4.74 Å². The Kier molecular flexibility index (Phi) is 6.82. The Morgan fingerprint density at radius 1 is 1.22 bits per heavy atom. The highest BCUT2D eigenvalue weighted by molar-refractivity contribution is 5.87. The number of hydrogen-bond acceptors (Lipinski definition) is 4. The molecule has 1 amide bonds. The summed E-state index contributed by atoms with van der Waals surface area (Å²) in [6.45, 7) is 9.12. The lowest BCUT2D eigenvalue weighted by Crippen LogP contribution is -2.40. The van der Waals surface area contributed by atoms with Gasteiger partial charge in [-0.25, -0.2) is 9.59 Å². The molecule has 0 aliphatic rings. The van der Waals surface area contributed by atoms with E-state index in [0.29, 0.717) is 18.4 Å². The number of carbonyl (C=O) groups excluding carboxylic acids is 2. The fourth-order valence-electron chi connectivity index (χ4n) is 2.07. The first-order valence-corrected chi connectivity index (χ1v) is 7.51. The van der Waals surface area contributed by atoms with Crippen LogP contribution >= 0.6 is 0 Å². The Labute approximate surface area is 137 Å². The maximum atomic E-state index is 12.0. The number of amides is 1. The standard InChI is InChI=1S/C18H25NO4/c1-13(16(20)22-5)11-15(12-14-9-7-6-8-10-14)19-17(21)23-18(2,3)4/h6-10,15H,1,11-12H2,2-5H3,(H,19,21). The van der Waals surface area contributed by atoms with Crippen LogP contribution in [0.2, 0.25) is 0 Å². The predicted molar refractivity (Wildman–Crippen MR) is 89.1 cm³/mol. The molecule has 0 saturated carbocycles. The summed E-state index contributed by atoms with van der Waals surface area (Å²) >= 11 is 0. The number of alkyl carbamates (subject to hydrolysis) is 1. The Morgan fingerprint density at radius 3 is 2.35 bits per heavy atom. The van der Waals surface area contributed by atoms with E-state index < -0.39 is 17.7 Å². The van der Waals surface area contributed by atoms with Gasteiger partial charge in [0.05, 0.1) is 7.11 Å². The molecule has 1 aromatic rings. The minimum absolute atomic E-state index is 0.292. The molecule has 23 heavy (non-hydrogen) atoms. The first-order chi connectivity index (χ1) is 10.7. The summed E-state index contributed by atoms with van der Waals surface area (Å²) < 4.78 is 9.94. The average molecular weight is 319 g/mol. The maximum Gasteiger partial charge on any atom is 0.407 e. The second kappa shape index (κ2) is 8.36. The SMILES string of the molecule is C=C(CC(Cc1ccccc1)NC(=O)OC(C)(C)C)C(=O)OC. The van der Waals surface area contributed by atoms with Crippen LogP contribution in [0.5, 0.6) is 0 Å². The second-order valence-corrected chi connectivity index (χ2v) is 6.33. The minimum atomic E-state index is -0.583. The molecule has 0 aromatic heterocycles. The molecule has 126 valence electrons. The first kappa shape index (κ1) is 18.7. The Hall–Kier alpha value is -2.30. The second-order valence-electron chi connectivity index (χ2n) is 6.33. The highest BCUT2D eigenvalue weighted by Gasteiger charge is 2.22. The van der Waals surface area contributed by atoms with Crippen molar-refractivity contribution in [2.75, 3.05) is 7.11 Å². The third-order valence-corrected chi connectivity index (χ3v) is 3.01. The molecule has 5 heteroatoms. The smallest absolute Gasteiger partial charge is 0.407 e. The van der Waals surface area contributed by atoms with Gasteiger partial charge in [-0.3, -0.25) is 0 Å². The van der Waals surface area contributed by atoms with Crippen LogP contribution in [0.15, 0.2) is 42.5 Å². The molecule has 0 aliphatic carbocycles. The van der Waals surface area contributed by atoms with E-state index in [1.54, 1.807) is 20.8 Å². The van der Waals surface area contributed by atoms with E-state index in [0.717, 1.165) is 5.56 Å². The number of benzene rings is 1. The van der Waals surface area contributed by atoms with Gasteiger partial charge in [0.2, 0.25) is 0 Å². The van der Waals surface area contributed by atoms with E-state index in [-0.39, 0.29) is 6.04 Å². The van der Waals surface area contributed by atoms with Crippen molar-refractivity contribution in [1.82, 2.24) is 5.32 Å². The molecule has 0 aliphatic heterocycles. The van der Waals surface area contributed by atoms with Crippen molar-refractivity contribution in [2.45, 2.75) is 45.3 Å². The summed E-state index contributed by atoms with van der Waals surface area (Å²) in [5, 5.41) is 2.80. The number of rotatable bonds is 6. The minimum Gasteiger partial charge on any atom is -0.466 e. The average Bonchev–Trinajstić information content (AvgIpc) is 2.45. The Balaban J connectivity index is 2.77. The molecule has 1 unspecified atom stereocenters. The number of hydrogen-bond donors (Lipinski definition) is 1. The van der Waals surface area contributed by atoms with Crippen LogP contribution in [0, 0.1) is 0 Å². The molecule has 1 N–H and O–H groups in total. The van der Waals surface area contributed by atoms with E-state index >= 15 is 0 Å². The number of nitrogens with one attached hydrogen (secondary N) is 1. The van der Waals surface area contributed by atoms with Crippen LogP contribution in [-0.2, 0) is 20.7 Å². The zero-order valence-electron chi connectivity index (χ0n) is 14.2. The lowest BCUT2D eigenvalue weighted by molar-refractivity contribution is -0.136. The van der Waals surface area contributed by atoms with E-state index in [1.165, 1.54) is 7.11 Å². The van der Waals surface area contributed by atoms with Crippen LogP contribution in [-0.4, -0.2) is 30.8 Å². The van der Waals surface area contributed by atoms with Crippen molar-refractivity contribution >= 4 is 12.1 Å². The third-order valence-electron chi connectivity index (χ3n) is 3.01. The number of carbonyl (C=O) groups is 2. The topological polar surface area (TPSA) is 64.6 Å². The van der Waals surface area contributed by atoms with Crippen molar-refractivity contribution in [2.24, 2.45) is 0 Å². The van der Waals surface area contributed by atoms with E-state index in [1.807, 2.05) is 30.3 Å². The lowest BCUT2D eigenvalue weighted by Gasteiger charge is -2.24. The van der Waals surface area contributed by atoms with Gasteiger partial charge in [-0.15, -0.1) is 0 Å². The van der Waals surface area contributed by atoms with Crippen molar-refractivity contribution in [3.8, 4) is 0 Å². The molecule has 0 heterocycles. The maximum absolute atomic E-state index is 12.0. The molecular formula is C18H25NO4. The van der Waals surface area contributed by atoms with Crippen molar-refractivity contribution < 1.29 is 19.1 Å². The Morgan fingerprint density at radius 2 is 1.83 bits per heavy atom. The summed E-state index contributed by atoms with van der Waals surface area (Å²) in [6.07, 6.45) is 0.341. The zero-order valence-corrected chi connectivity index (χ0v) is 14.2. The zero-order chi connectivity index (χ0) is 17.5. The van der Waals surface area contributed by atoms with Gasteiger partial charge in [-0.2, -0.15) is 0 Å². The molecule has 0 bridgehead atoms. The van der Waals surface area contributed by atoms with Gasteiger partial charge in [0.1, 0.15) is 5.60 Å². The van der Waals surface area contributed by atoms with Gasteiger partial charge in [0.15, 0.2) is 0 Å². The lowest BCUT2D eigenvalue weighted by atomic mass is 10.00. The van der Waals surface area contributed by atoms with Gasteiger partial charge >= 0.3 is 12.1 Å². The normalized spacial score (nSPS) is 12.2. The van der Waals surface area contributed by atoms with Crippen molar-refractivity contribution in [3.05, 3.63) is 48.0 Å². The summed E-state index contributed by atoms with van der Waals surface area (Å²) in [6, 6.07) is 9.39. The van der Waals surface area contributed by atoms with Crippen molar-refractivity contribution in [3.63, 3.8) is 0 Å². The fourth-order valence-corrected chi connectivity index (χ4v) is 2.07. The molecular weight excluding hydrogens is 294 g/mol. The van der Waals surface area contributed by atoms with Crippen molar-refractivity contribution in [1.29, 1.82) is 0 Å². The number of esters is 1. The van der Waals surface area contributed by atoms with Crippen LogP contribution < -0.4 is 5.32 Å². The van der Waals surface area contributed by atoms with Gasteiger partial charge < -0.3 is 14.8 Å². The van der Waals surface area contributed by atoms with Crippen LogP contribution in [0.25, 0.3) is 0 Å². The number of ether oxygens (including phenoxy) is 2. The largest absolute Gasteiger partial charge is 0.466 e. The molecule has 5 nitrogen and oxygen atoms in total. The summed E-state index contributed by atoms with van der Waals surface area (Å²) in [5.74, 6) is -0.478. The molecule has 1 aromatic carbocycles. The summed E-state index contributed by atoms with van der Waals surface area (Å²) in [7, 11) is 1.31. The van der Waals surface area contributed by atoms with Crippen LogP contribution in [0.3, 0.4) is 0 Å². The van der Waals surface area contributed by atoms with Gasteiger partial charge in [0, 0.05) is 11.6 Å². The van der Waals surface area contributed by atoms with Gasteiger partial charge in [-0.1, -0.05) is 36.9 Å². The van der Waals surface area contributed by atoms with Gasteiger partial charge in [0.25, 0.3) is 0 Å². The Bertz CT molecular complexity index is 546. The summed E-state index contributed by atoms with van der Waals surface area (Å²) in [5.41, 5.74) is 0.775. The monoisotopic (exact) mass is 319 g/mol. The first-order valence-electron chi connectivity index (χ1n) is 7.51. The molecule has 1 rings (SSSR count). The molecule has 0 fully saturated rings. The molecule has 0 radical (unpaired) electrons. The molecule has 0 saturated heterocycles. The van der Waals surface area contributed by atoms with Crippen LogP contribution in [0.4, 0.5) is 4.79 Å². The molecule has 0 spiro atoms. The highest BCUT2D eigenvalue weighted by atomic mass is 16.6. The number of methoxy groups -OCH3 is 1. The summed E-state index contributed by atoms with van der Waals surface area (Å²) in [4.78, 5) is 23.5. The highest BCUT2D eigenvalue weighted by Crippen LogP contribution is 2.13. The molecule has 1 atom stereocenters. The quantitative estimate of drug-likeness (QED) is 0.646. The third kappa shape index (κ3) is 7.49.